The lowest BCUT2D eigenvalue weighted by molar-refractivity contribution is 0.317. The molecule has 0 aliphatic rings. The summed E-state index contributed by atoms with van der Waals surface area (Å²) >= 11 is 0. The lowest BCUT2D eigenvalue weighted by atomic mass is 10.1. The topological polar surface area (TPSA) is 67.8 Å². The molecule has 0 atom stereocenters. The molecule has 5 nitrogen and oxygen atoms in total. The van der Waals surface area contributed by atoms with E-state index < -0.39 is 10.0 Å². The van der Waals surface area contributed by atoms with Crippen LogP contribution < -0.4 is 9.57 Å². The van der Waals surface area contributed by atoms with Gasteiger partial charge in [-0.2, -0.15) is 13.5 Å². The molecule has 0 amide bonds. The molecule has 128 valence electrons. The number of nitrogens with one attached hydrogen (secondary N) is 1. The van der Waals surface area contributed by atoms with Crippen LogP contribution in [-0.2, 0) is 10.0 Å². The predicted molar refractivity (Wildman–Crippen MR) is 96.1 cm³/mol. The minimum atomic E-state index is -3.66. The molecule has 0 bridgehead atoms. The summed E-state index contributed by atoms with van der Waals surface area (Å²) in [6.45, 7) is 6.52. The second-order valence-electron chi connectivity index (χ2n) is 5.52. The third kappa shape index (κ3) is 4.83. The number of hydrogen-bond acceptors (Lipinski definition) is 4. The summed E-state index contributed by atoms with van der Waals surface area (Å²) in [7, 11) is -3.66. The average Bonchev–Trinajstić information content (AvgIpc) is 2.56. The first-order valence-corrected chi connectivity index (χ1v) is 9.25. The van der Waals surface area contributed by atoms with E-state index in [1.165, 1.54) is 6.21 Å². The molecule has 1 N–H and O–H groups in total. The van der Waals surface area contributed by atoms with Gasteiger partial charge < -0.3 is 4.74 Å². The number of ether oxygens (including phenoxy) is 1. The molecule has 0 spiro atoms. The van der Waals surface area contributed by atoms with Crippen LogP contribution in [0.5, 0.6) is 5.75 Å². The number of rotatable bonds is 7. The van der Waals surface area contributed by atoms with Crippen molar-refractivity contribution in [1.82, 2.24) is 4.83 Å². The molecule has 0 aliphatic heterocycles. The Kier molecular flexibility index (Phi) is 5.98. The molecule has 0 unspecified atom stereocenters. The van der Waals surface area contributed by atoms with E-state index in [-0.39, 0.29) is 4.90 Å². The maximum Gasteiger partial charge on any atom is 0.276 e. The quantitative estimate of drug-likeness (QED) is 0.617. The van der Waals surface area contributed by atoms with E-state index in [4.69, 9.17) is 4.74 Å². The Balaban J connectivity index is 2.03. The maximum absolute atomic E-state index is 12.2. The van der Waals surface area contributed by atoms with Gasteiger partial charge >= 0.3 is 0 Å². The van der Waals surface area contributed by atoms with E-state index in [0.717, 1.165) is 28.9 Å². The molecule has 0 heterocycles. The van der Waals surface area contributed by atoms with Gasteiger partial charge in [-0.15, -0.1) is 0 Å². The minimum absolute atomic E-state index is 0.200. The van der Waals surface area contributed by atoms with Crippen LogP contribution >= 0.6 is 0 Å². The van der Waals surface area contributed by atoms with Gasteiger partial charge in [0.15, 0.2) is 0 Å². The molecule has 2 aromatic carbocycles. The predicted octanol–water partition coefficient (Wildman–Crippen LogP) is 3.40. The highest BCUT2D eigenvalue weighted by Crippen LogP contribution is 2.15. The fourth-order valence-electron chi connectivity index (χ4n) is 1.97. The second-order valence-corrected chi connectivity index (χ2v) is 7.18. The monoisotopic (exact) mass is 346 g/mol. The highest BCUT2D eigenvalue weighted by molar-refractivity contribution is 7.89. The van der Waals surface area contributed by atoms with Gasteiger partial charge in [-0.1, -0.05) is 13.0 Å². The summed E-state index contributed by atoms with van der Waals surface area (Å²) in [4.78, 5) is 2.43. The Hall–Kier alpha value is -2.34. The summed E-state index contributed by atoms with van der Waals surface area (Å²) in [6.07, 6.45) is 2.41. The van der Waals surface area contributed by atoms with Crippen molar-refractivity contribution in [3.05, 3.63) is 59.2 Å². The smallest absolute Gasteiger partial charge is 0.276 e. The molecule has 0 saturated carbocycles. The van der Waals surface area contributed by atoms with E-state index in [0.29, 0.717) is 6.61 Å². The number of aryl methyl sites for hydroxylation is 2. The first-order valence-electron chi connectivity index (χ1n) is 7.77. The average molecular weight is 346 g/mol. The van der Waals surface area contributed by atoms with Gasteiger partial charge in [0, 0.05) is 0 Å². The van der Waals surface area contributed by atoms with Gasteiger partial charge in [0.2, 0.25) is 0 Å². The zero-order valence-corrected chi connectivity index (χ0v) is 14.9. The van der Waals surface area contributed by atoms with Gasteiger partial charge in [0.05, 0.1) is 17.7 Å². The van der Waals surface area contributed by atoms with Crippen LogP contribution in [-0.4, -0.2) is 21.2 Å². The molecule has 24 heavy (non-hydrogen) atoms. The highest BCUT2D eigenvalue weighted by Gasteiger charge is 2.13. The molecule has 2 rings (SSSR count). The van der Waals surface area contributed by atoms with Crippen molar-refractivity contribution in [2.24, 2.45) is 5.10 Å². The molecule has 0 saturated heterocycles. The van der Waals surface area contributed by atoms with Crippen molar-refractivity contribution in [1.29, 1.82) is 0 Å². The lowest BCUT2D eigenvalue weighted by Gasteiger charge is -2.06. The van der Waals surface area contributed by atoms with E-state index in [9.17, 15) is 8.42 Å². The number of benzene rings is 2. The fraction of sp³-hybridized carbons (Fsp3) is 0.278. The number of sulfonamides is 1. The molecular weight excluding hydrogens is 324 g/mol. The van der Waals surface area contributed by atoms with Crippen molar-refractivity contribution in [3.63, 3.8) is 0 Å². The summed E-state index contributed by atoms with van der Waals surface area (Å²) in [5, 5.41) is 3.83. The Labute approximate surface area is 143 Å². The van der Waals surface area contributed by atoms with Crippen LogP contribution in [0.15, 0.2) is 52.5 Å². The van der Waals surface area contributed by atoms with Gasteiger partial charge in [-0.3, -0.25) is 0 Å². The minimum Gasteiger partial charge on any atom is -0.494 e. The normalized spacial score (nSPS) is 11.6. The molecule has 0 aliphatic carbocycles. The second kappa shape index (κ2) is 7.97. The van der Waals surface area contributed by atoms with Crippen molar-refractivity contribution >= 4 is 16.2 Å². The molecule has 0 fully saturated rings. The molecule has 2 aromatic rings. The summed E-state index contributed by atoms with van der Waals surface area (Å²) in [6, 6.07) is 12.3. The zero-order chi connectivity index (χ0) is 17.6. The third-order valence-corrected chi connectivity index (χ3v) is 4.75. The summed E-state index contributed by atoms with van der Waals surface area (Å²) < 4.78 is 29.9. The Morgan fingerprint density at radius 1 is 1.08 bits per heavy atom. The molecule has 0 radical (unpaired) electrons. The Morgan fingerprint density at radius 3 is 2.42 bits per heavy atom. The highest BCUT2D eigenvalue weighted by atomic mass is 32.2. The van der Waals surface area contributed by atoms with Gasteiger partial charge in [0.25, 0.3) is 10.0 Å². The fourth-order valence-corrected chi connectivity index (χ4v) is 2.85. The third-order valence-electron chi connectivity index (χ3n) is 3.53. The van der Waals surface area contributed by atoms with E-state index in [1.54, 1.807) is 18.2 Å². The van der Waals surface area contributed by atoms with Crippen LogP contribution in [0, 0.1) is 13.8 Å². The number of hydrogen-bond donors (Lipinski definition) is 1. The van der Waals surface area contributed by atoms with Crippen LogP contribution in [0.25, 0.3) is 0 Å². The first-order chi connectivity index (χ1) is 11.4. The van der Waals surface area contributed by atoms with Gasteiger partial charge in [0.1, 0.15) is 5.75 Å². The summed E-state index contributed by atoms with van der Waals surface area (Å²) in [5.41, 5.74) is 2.74. The molecule has 0 aromatic heterocycles. The lowest BCUT2D eigenvalue weighted by Crippen LogP contribution is -2.18. The zero-order valence-electron chi connectivity index (χ0n) is 14.1. The standard InChI is InChI=1S/C18H22N2O3S/c1-4-11-23-17-8-6-16(7-9-17)13-19-20-24(21,22)18-10-5-14(2)15(3)12-18/h5-10,12-13,20H,4,11H2,1-3H3/b19-13+. The van der Waals surface area contributed by atoms with Crippen molar-refractivity contribution in [3.8, 4) is 5.75 Å². The molecular formula is C18H22N2O3S. The van der Waals surface area contributed by atoms with Crippen molar-refractivity contribution < 1.29 is 13.2 Å². The first kappa shape index (κ1) is 18.0. The SMILES string of the molecule is CCCOc1ccc(/C=N/NS(=O)(=O)c2ccc(C)c(C)c2)cc1. The van der Waals surface area contributed by atoms with Crippen molar-refractivity contribution in [2.45, 2.75) is 32.1 Å². The maximum atomic E-state index is 12.2. The van der Waals surface area contributed by atoms with Crippen LogP contribution in [0.1, 0.15) is 30.0 Å². The van der Waals surface area contributed by atoms with Gasteiger partial charge in [-0.05, 0) is 73.4 Å². The number of nitrogens with zero attached hydrogens (tertiary/aromatic N) is 1. The van der Waals surface area contributed by atoms with Gasteiger partial charge in [-0.25, -0.2) is 4.83 Å². The number of hydrazone groups is 1. The van der Waals surface area contributed by atoms with Crippen LogP contribution in [0.2, 0.25) is 0 Å². The summed E-state index contributed by atoms with van der Waals surface area (Å²) in [5.74, 6) is 0.782. The van der Waals surface area contributed by atoms with E-state index in [2.05, 4.69) is 9.93 Å². The van der Waals surface area contributed by atoms with E-state index in [1.807, 2.05) is 45.0 Å². The van der Waals surface area contributed by atoms with Crippen LogP contribution in [0.3, 0.4) is 0 Å². The van der Waals surface area contributed by atoms with E-state index >= 15 is 0 Å². The van der Waals surface area contributed by atoms with Crippen molar-refractivity contribution in [2.75, 3.05) is 6.61 Å². The Bertz CT molecular complexity index is 813. The largest absolute Gasteiger partial charge is 0.494 e. The molecule has 6 heteroatoms. The van der Waals surface area contributed by atoms with Crippen LogP contribution in [0.4, 0.5) is 0 Å². The Morgan fingerprint density at radius 2 is 1.79 bits per heavy atom.